The van der Waals surface area contributed by atoms with E-state index in [9.17, 15) is 0 Å². The van der Waals surface area contributed by atoms with Gasteiger partial charge in [-0.15, -0.1) is 0 Å². The van der Waals surface area contributed by atoms with Crippen LogP contribution in [-0.4, -0.2) is 23.7 Å². The van der Waals surface area contributed by atoms with Crippen LogP contribution in [0.5, 0.6) is 5.75 Å². The van der Waals surface area contributed by atoms with E-state index in [1.54, 1.807) is 12.3 Å². The molecule has 0 unspecified atom stereocenters. The number of ether oxygens (including phenoxy) is 1. The Balaban J connectivity index is 1.51. The van der Waals surface area contributed by atoms with Gasteiger partial charge in [0, 0.05) is 12.1 Å². The lowest BCUT2D eigenvalue weighted by Gasteiger charge is -2.13. The summed E-state index contributed by atoms with van der Waals surface area (Å²) in [5.41, 5.74) is 0. The second-order valence-electron chi connectivity index (χ2n) is 4.33. The van der Waals surface area contributed by atoms with E-state index in [0.29, 0.717) is 11.2 Å². The normalized spacial score (nSPS) is 32.5. The van der Waals surface area contributed by atoms with Gasteiger partial charge in [-0.2, -0.15) is 0 Å². The highest BCUT2D eigenvalue weighted by Crippen LogP contribution is 2.40. The number of aromatic nitrogens is 1. The molecule has 1 N–H and O–H groups in total. The molecule has 0 spiro atoms. The van der Waals surface area contributed by atoms with Crippen molar-refractivity contribution < 1.29 is 4.74 Å². The second kappa shape index (κ2) is 3.65. The number of nitrogens with zero attached hydrogens (tertiary/aromatic N) is 1. The van der Waals surface area contributed by atoms with Gasteiger partial charge in [-0.1, -0.05) is 11.6 Å². The van der Waals surface area contributed by atoms with Gasteiger partial charge in [0.2, 0.25) is 0 Å². The number of pyridine rings is 1. The summed E-state index contributed by atoms with van der Waals surface area (Å²) in [4.78, 5) is 3.97. The van der Waals surface area contributed by atoms with Crippen molar-refractivity contribution in [2.45, 2.75) is 24.9 Å². The Hall–Kier alpha value is -0.800. The van der Waals surface area contributed by atoms with E-state index in [-0.39, 0.29) is 0 Å². The lowest BCUT2D eigenvalue weighted by Crippen LogP contribution is -2.31. The van der Waals surface area contributed by atoms with Gasteiger partial charge in [-0.25, -0.2) is 4.98 Å². The first kappa shape index (κ1) is 9.43. The van der Waals surface area contributed by atoms with E-state index < -0.39 is 0 Å². The van der Waals surface area contributed by atoms with Crippen molar-refractivity contribution in [2.24, 2.45) is 5.92 Å². The molecule has 3 rings (SSSR count). The first-order valence-corrected chi connectivity index (χ1v) is 5.69. The molecule has 0 bridgehead atoms. The molecule has 0 aromatic carbocycles. The summed E-state index contributed by atoms with van der Waals surface area (Å²) in [6.07, 6.45) is 4.28. The minimum Gasteiger partial charge on any atom is -0.490 e. The smallest absolute Gasteiger partial charge is 0.137 e. The van der Waals surface area contributed by atoms with Crippen molar-refractivity contribution in [1.29, 1.82) is 0 Å². The second-order valence-corrected chi connectivity index (χ2v) is 4.72. The summed E-state index contributed by atoms with van der Waals surface area (Å²) >= 11 is 5.68. The van der Waals surface area contributed by atoms with Gasteiger partial charge in [0.25, 0.3) is 0 Å². The molecular formula is C11H13ClN2O. The topological polar surface area (TPSA) is 34.1 Å². The van der Waals surface area contributed by atoms with E-state index in [0.717, 1.165) is 24.3 Å². The number of halogens is 1. The van der Waals surface area contributed by atoms with Gasteiger partial charge in [0.15, 0.2) is 0 Å². The number of nitrogens with one attached hydrogen (secondary N) is 1. The Morgan fingerprint density at radius 2 is 2.40 bits per heavy atom. The highest BCUT2D eigenvalue weighted by atomic mass is 35.5. The summed E-state index contributed by atoms with van der Waals surface area (Å²) in [6, 6.07) is 4.90. The molecule has 3 atom stereocenters. The number of rotatable bonds is 3. The molecule has 15 heavy (non-hydrogen) atoms. The SMILES string of the molecule is Clc1ccc(OC[C@@H]2C[C@H]3C[C@H]3N2)cn1. The van der Waals surface area contributed by atoms with E-state index in [1.807, 2.05) is 6.07 Å². The molecule has 3 nitrogen and oxygen atoms in total. The number of hydrogen-bond acceptors (Lipinski definition) is 3. The molecular weight excluding hydrogens is 212 g/mol. The summed E-state index contributed by atoms with van der Waals surface area (Å²) in [5, 5.41) is 4.04. The quantitative estimate of drug-likeness (QED) is 0.796. The van der Waals surface area contributed by atoms with E-state index >= 15 is 0 Å². The zero-order valence-electron chi connectivity index (χ0n) is 8.32. The molecule has 1 aliphatic heterocycles. The molecule has 1 saturated heterocycles. The third-order valence-electron chi connectivity index (χ3n) is 3.11. The molecule has 1 aromatic heterocycles. The molecule has 4 heteroatoms. The third kappa shape index (κ3) is 2.08. The van der Waals surface area contributed by atoms with Crippen LogP contribution in [0.1, 0.15) is 12.8 Å². The average Bonchev–Trinajstić information content (AvgIpc) is 2.86. The largest absolute Gasteiger partial charge is 0.490 e. The average molecular weight is 225 g/mol. The summed E-state index contributed by atoms with van der Waals surface area (Å²) in [6.45, 7) is 0.732. The zero-order chi connectivity index (χ0) is 10.3. The third-order valence-corrected chi connectivity index (χ3v) is 3.33. The van der Waals surface area contributed by atoms with E-state index in [1.165, 1.54) is 12.8 Å². The Morgan fingerprint density at radius 3 is 3.07 bits per heavy atom. The van der Waals surface area contributed by atoms with E-state index in [4.69, 9.17) is 16.3 Å². The molecule has 1 saturated carbocycles. The van der Waals surface area contributed by atoms with E-state index in [2.05, 4.69) is 10.3 Å². The molecule has 2 fully saturated rings. The Bertz CT molecular complexity index is 344. The number of hydrogen-bond donors (Lipinski definition) is 1. The maximum absolute atomic E-state index is 5.68. The van der Waals surface area contributed by atoms with Crippen LogP contribution in [0.4, 0.5) is 0 Å². The van der Waals surface area contributed by atoms with Gasteiger partial charge < -0.3 is 10.1 Å². The molecule has 0 radical (unpaired) electrons. The van der Waals surface area contributed by atoms with Gasteiger partial charge in [0.1, 0.15) is 17.5 Å². The predicted octanol–water partition coefficient (Wildman–Crippen LogP) is 1.86. The van der Waals surface area contributed by atoms with Crippen LogP contribution in [0.3, 0.4) is 0 Å². The molecule has 80 valence electrons. The van der Waals surface area contributed by atoms with Crippen LogP contribution in [0.25, 0.3) is 0 Å². The minimum atomic E-state index is 0.502. The fourth-order valence-corrected chi connectivity index (χ4v) is 2.32. The fourth-order valence-electron chi connectivity index (χ4n) is 2.21. The summed E-state index contributed by atoms with van der Waals surface area (Å²) < 4.78 is 5.63. The maximum atomic E-state index is 5.68. The fraction of sp³-hybridized carbons (Fsp3) is 0.545. The Labute approximate surface area is 93.8 Å². The van der Waals surface area contributed by atoms with Gasteiger partial charge in [0.05, 0.1) is 6.20 Å². The van der Waals surface area contributed by atoms with Crippen LogP contribution in [0, 0.1) is 5.92 Å². The molecule has 1 aliphatic carbocycles. The Kier molecular flexibility index (Phi) is 2.29. The van der Waals surface area contributed by atoms with Crippen molar-refractivity contribution in [3.8, 4) is 5.75 Å². The zero-order valence-corrected chi connectivity index (χ0v) is 9.07. The van der Waals surface area contributed by atoms with Gasteiger partial charge in [-0.05, 0) is 30.9 Å². The van der Waals surface area contributed by atoms with Crippen molar-refractivity contribution in [1.82, 2.24) is 10.3 Å². The van der Waals surface area contributed by atoms with Crippen molar-refractivity contribution in [2.75, 3.05) is 6.61 Å². The standard InChI is InChI=1S/C11H13ClN2O/c12-11-2-1-9(5-13-11)15-6-8-3-7-4-10(7)14-8/h1-2,5,7-8,10,14H,3-4,6H2/t7-,8-,10+/m0/s1. The van der Waals surface area contributed by atoms with Crippen molar-refractivity contribution >= 4 is 11.6 Å². The first-order chi connectivity index (χ1) is 7.31. The highest BCUT2D eigenvalue weighted by molar-refractivity contribution is 6.29. The first-order valence-electron chi connectivity index (χ1n) is 5.31. The lowest BCUT2D eigenvalue weighted by molar-refractivity contribution is 0.267. The molecule has 2 heterocycles. The van der Waals surface area contributed by atoms with Gasteiger partial charge in [-0.3, -0.25) is 0 Å². The van der Waals surface area contributed by atoms with Crippen LogP contribution in [0.15, 0.2) is 18.3 Å². The maximum Gasteiger partial charge on any atom is 0.137 e. The molecule has 2 aliphatic rings. The Morgan fingerprint density at radius 1 is 1.47 bits per heavy atom. The van der Waals surface area contributed by atoms with Crippen LogP contribution in [0.2, 0.25) is 5.15 Å². The molecule has 1 aromatic rings. The highest BCUT2D eigenvalue weighted by Gasteiger charge is 2.45. The van der Waals surface area contributed by atoms with Crippen molar-refractivity contribution in [3.63, 3.8) is 0 Å². The molecule has 0 amide bonds. The van der Waals surface area contributed by atoms with Crippen LogP contribution < -0.4 is 10.1 Å². The van der Waals surface area contributed by atoms with Crippen LogP contribution >= 0.6 is 11.6 Å². The lowest BCUT2D eigenvalue weighted by atomic mass is 10.2. The minimum absolute atomic E-state index is 0.502. The number of piperidine rings is 1. The van der Waals surface area contributed by atoms with Crippen LogP contribution in [-0.2, 0) is 0 Å². The van der Waals surface area contributed by atoms with Crippen molar-refractivity contribution in [3.05, 3.63) is 23.5 Å². The van der Waals surface area contributed by atoms with Gasteiger partial charge >= 0.3 is 0 Å². The number of fused-ring (bicyclic) bond motifs is 1. The predicted molar refractivity (Wildman–Crippen MR) is 58.2 cm³/mol. The summed E-state index contributed by atoms with van der Waals surface area (Å²) in [5.74, 6) is 1.71. The summed E-state index contributed by atoms with van der Waals surface area (Å²) in [7, 11) is 0. The monoisotopic (exact) mass is 224 g/mol.